The molecular formula is C8H16N2O3. The van der Waals surface area contributed by atoms with E-state index < -0.39 is 5.97 Å². The van der Waals surface area contributed by atoms with Gasteiger partial charge in [0.25, 0.3) is 0 Å². The van der Waals surface area contributed by atoms with Gasteiger partial charge in [0.05, 0.1) is 0 Å². The molecule has 5 heteroatoms. The van der Waals surface area contributed by atoms with Crippen LogP contribution in [0.4, 0.5) is 4.79 Å². The molecule has 0 spiro atoms. The molecule has 0 rings (SSSR count). The van der Waals surface area contributed by atoms with Crippen molar-refractivity contribution in [2.45, 2.75) is 13.8 Å². The van der Waals surface area contributed by atoms with Gasteiger partial charge in [0.1, 0.15) is 6.54 Å². The van der Waals surface area contributed by atoms with E-state index in [1.165, 1.54) is 11.9 Å². The van der Waals surface area contributed by atoms with Crippen LogP contribution in [-0.2, 0) is 4.79 Å². The summed E-state index contributed by atoms with van der Waals surface area (Å²) in [6.07, 6.45) is 0. The SMILES string of the molecule is CCN(CC)C(=O)N(C)CC(=O)O. The Balaban J connectivity index is 4.14. The van der Waals surface area contributed by atoms with Crippen LogP contribution in [0.15, 0.2) is 0 Å². The number of hydrogen-bond donors (Lipinski definition) is 1. The fourth-order valence-electron chi connectivity index (χ4n) is 1.01. The number of likely N-dealkylation sites (N-methyl/N-ethyl adjacent to an activating group) is 1. The molecule has 2 amide bonds. The van der Waals surface area contributed by atoms with Gasteiger partial charge in [-0.2, -0.15) is 0 Å². The van der Waals surface area contributed by atoms with Gasteiger partial charge in [-0.15, -0.1) is 0 Å². The second-order valence-electron chi connectivity index (χ2n) is 2.70. The third-order valence-corrected chi connectivity index (χ3v) is 1.73. The normalized spacial score (nSPS) is 9.46. The van der Waals surface area contributed by atoms with Crippen LogP contribution in [0.25, 0.3) is 0 Å². The molecule has 1 N–H and O–H groups in total. The smallest absolute Gasteiger partial charge is 0.323 e. The Bertz CT molecular complexity index is 190. The first-order valence-electron chi connectivity index (χ1n) is 4.24. The number of carboxylic acid groups (broad SMARTS) is 1. The number of carbonyl (C=O) groups is 2. The van der Waals surface area contributed by atoms with Gasteiger partial charge in [-0.3, -0.25) is 4.79 Å². The van der Waals surface area contributed by atoms with Crippen molar-refractivity contribution in [3.05, 3.63) is 0 Å². The summed E-state index contributed by atoms with van der Waals surface area (Å²) in [4.78, 5) is 24.5. The zero-order valence-corrected chi connectivity index (χ0v) is 8.28. The summed E-state index contributed by atoms with van der Waals surface area (Å²) >= 11 is 0. The highest BCUT2D eigenvalue weighted by molar-refractivity contribution is 5.79. The molecular weight excluding hydrogens is 172 g/mol. The van der Waals surface area contributed by atoms with Crippen LogP contribution in [0.3, 0.4) is 0 Å². The van der Waals surface area contributed by atoms with Crippen LogP contribution in [0.2, 0.25) is 0 Å². The van der Waals surface area contributed by atoms with E-state index in [0.29, 0.717) is 13.1 Å². The van der Waals surface area contributed by atoms with Gasteiger partial charge in [0.15, 0.2) is 0 Å². The zero-order chi connectivity index (χ0) is 10.4. The Morgan fingerprint density at radius 3 is 2.00 bits per heavy atom. The van der Waals surface area contributed by atoms with Crippen LogP contribution < -0.4 is 0 Å². The van der Waals surface area contributed by atoms with Crippen LogP contribution in [0, 0.1) is 0 Å². The van der Waals surface area contributed by atoms with Gasteiger partial charge >= 0.3 is 12.0 Å². The molecule has 13 heavy (non-hydrogen) atoms. The van der Waals surface area contributed by atoms with E-state index in [2.05, 4.69) is 0 Å². The molecule has 0 aromatic rings. The number of hydrogen-bond acceptors (Lipinski definition) is 2. The number of aliphatic carboxylic acids is 1. The van der Waals surface area contributed by atoms with Crippen molar-refractivity contribution < 1.29 is 14.7 Å². The lowest BCUT2D eigenvalue weighted by atomic mass is 10.5. The van der Waals surface area contributed by atoms with Crippen molar-refractivity contribution in [1.82, 2.24) is 9.80 Å². The van der Waals surface area contributed by atoms with Gasteiger partial charge in [-0.25, -0.2) is 4.79 Å². The molecule has 0 atom stereocenters. The largest absolute Gasteiger partial charge is 0.480 e. The molecule has 5 nitrogen and oxygen atoms in total. The first-order chi connectivity index (χ1) is 6.02. The van der Waals surface area contributed by atoms with Gasteiger partial charge in [-0.05, 0) is 13.8 Å². The number of carboxylic acids is 1. The Labute approximate surface area is 77.9 Å². The monoisotopic (exact) mass is 188 g/mol. The van der Waals surface area contributed by atoms with Crippen molar-refractivity contribution in [3.8, 4) is 0 Å². The molecule has 0 heterocycles. The van der Waals surface area contributed by atoms with Crippen molar-refractivity contribution in [2.24, 2.45) is 0 Å². The number of rotatable bonds is 4. The minimum atomic E-state index is -0.997. The van der Waals surface area contributed by atoms with E-state index in [1.54, 1.807) is 4.90 Å². The second kappa shape index (κ2) is 5.40. The van der Waals surface area contributed by atoms with Crippen LogP contribution in [-0.4, -0.2) is 53.6 Å². The molecule has 0 saturated heterocycles. The van der Waals surface area contributed by atoms with Crippen LogP contribution in [0.1, 0.15) is 13.8 Å². The van der Waals surface area contributed by atoms with E-state index >= 15 is 0 Å². The summed E-state index contributed by atoms with van der Waals surface area (Å²) in [6, 6.07) is -0.243. The second-order valence-corrected chi connectivity index (χ2v) is 2.70. The molecule has 76 valence electrons. The van der Waals surface area contributed by atoms with Crippen molar-refractivity contribution in [3.63, 3.8) is 0 Å². The number of amides is 2. The van der Waals surface area contributed by atoms with Crippen LogP contribution in [0.5, 0.6) is 0 Å². The highest BCUT2D eigenvalue weighted by Gasteiger charge is 2.16. The highest BCUT2D eigenvalue weighted by atomic mass is 16.4. The topological polar surface area (TPSA) is 60.9 Å². The predicted molar refractivity (Wildman–Crippen MR) is 48.6 cm³/mol. The third kappa shape index (κ3) is 3.78. The maximum Gasteiger partial charge on any atom is 0.323 e. The predicted octanol–water partition coefficient (Wildman–Crippen LogP) is 0.465. The molecule has 0 saturated carbocycles. The Kier molecular flexibility index (Phi) is 4.87. The molecule has 0 aromatic heterocycles. The highest BCUT2D eigenvalue weighted by Crippen LogP contribution is 1.95. The quantitative estimate of drug-likeness (QED) is 0.697. The summed E-state index contributed by atoms with van der Waals surface area (Å²) in [5.74, 6) is -0.997. The summed E-state index contributed by atoms with van der Waals surface area (Å²) < 4.78 is 0. The number of urea groups is 1. The lowest BCUT2D eigenvalue weighted by Crippen LogP contribution is -2.42. The lowest BCUT2D eigenvalue weighted by Gasteiger charge is -2.24. The van der Waals surface area contributed by atoms with Crippen molar-refractivity contribution >= 4 is 12.0 Å². The summed E-state index contributed by atoms with van der Waals surface area (Å²) in [7, 11) is 1.48. The van der Waals surface area contributed by atoms with Crippen LogP contribution >= 0.6 is 0 Å². The fourth-order valence-corrected chi connectivity index (χ4v) is 1.01. The standard InChI is InChI=1S/C8H16N2O3/c1-4-10(5-2)8(13)9(3)6-7(11)12/h4-6H2,1-3H3,(H,11,12). The third-order valence-electron chi connectivity index (χ3n) is 1.73. The first-order valence-corrected chi connectivity index (χ1v) is 4.24. The van der Waals surface area contributed by atoms with Gasteiger partial charge in [0.2, 0.25) is 0 Å². The van der Waals surface area contributed by atoms with Crippen molar-refractivity contribution in [2.75, 3.05) is 26.7 Å². The molecule has 0 fully saturated rings. The Hall–Kier alpha value is -1.26. The zero-order valence-electron chi connectivity index (χ0n) is 8.28. The Morgan fingerprint density at radius 1 is 1.23 bits per heavy atom. The summed E-state index contributed by atoms with van der Waals surface area (Å²) in [5, 5.41) is 8.45. The molecule has 0 unspecified atom stereocenters. The van der Waals surface area contributed by atoms with E-state index in [0.717, 1.165) is 0 Å². The van der Waals surface area contributed by atoms with E-state index in [-0.39, 0.29) is 12.6 Å². The molecule has 0 aliphatic rings. The van der Waals surface area contributed by atoms with E-state index in [9.17, 15) is 9.59 Å². The number of nitrogens with zero attached hydrogens (tertiary/aromatic N) is 2. The molecule has 0 aliphatic heterocycles. The minimum Gasteiger partial charge on any atom is -0.480 e. The average molecular weight is 188 g/mol. The molecule has 0 radical (unpaired) electrons. The Morgan fingerprint density at radius 2 is 1.69 bits per heavy atom. The maximum absolute atomic E-state index is 11.4. The van der Waals surface area contributed by atoms with Gasteiger partial charge in [0, 0.05) is 20.1 Å². The van der Waals surface area contributed by atoms with E-state index in [1.807, 2.05) is 13.8 Å². The maximum atomic E-state index is 11.4. The lowest BCUT2D eigenvalue weighted by molar-refractivity contribution is -0.137. The summed E-state index contributed by atoms with van der Waals surface area (Å²) in [6.45, 7) is 4.65. The van der Waals surface area contributed by atoms with E-state index in [4.69, 9.17) is 5.11 Å². The first kappa shape index (κ1) is 11.7. The number of carbonyl (C=O) groups excluding carboxylic acids is 1. The minimum absolute atomic E-state index is 0.243. The summed E-state index contributed by atoms with van der Waals surface area (Å²) in [5.41, 5.74) is 0. The van der Waals surface area contributed by atoms with Crippen molar-refractivity contribution in [1.29, 1.82) is 0 Å². The molecule has 0 aromatic carbocycles. The fraction of sp³-hybridized carbons (Fsp3) is 0.750. The van der Waals surface area contributed by atoms with Gasteiger partial charge < -0.3 is 14.9 Å². The average Bonchev–Trinajstić information content (AvgIpc) is 2.05. The van der Waals surface area contributed by atoms with Gasteiger partial charge in [-0.1, -0.05) is 0 Å². The molecule has 0 aliphatic carbocycles. The molecule has 0 bridgehead atoms.